The number of carbonyl (C=O) groups is 3. The summed E-state index contributed by atoms with van der Waals surface area (Å²) in [5.41, 5.74) is 3.12. The number of hydrogen-bond acceptors (Lipinski definition) is 5. The molecule has 174 valence electrons. The highest BCUT2D eigenvalue weighted by molar-refractivity contribution is 6.40. The molecule has 3 amide bonds. The number of carbonyl (C=O) groups excluding carboxylic acids is 3. The number of amides is 3. The van der Waals surface area contributed by atoms with E-state index in [1.807, 2.05) is 24.3 Å². The number of fused-ring (bicyclic) bond motifs is 1. The van der Waals surface area contributed by atoms with Crippen molar-refractivity contribution in [2.75, 3.05) is 5.32 Å². The Bertz CT molecular complexity index is 1250. The second-order valence-electron chi connectivity index (χ2n) is 8.23. The molecule has 3 aromatic rings. The molecule has 0 bridgehead atoms. The summed E-state index contributed by atoms with van der Waals surface area (Å²) in [4.78, 5) is 37.4. The molecule has 0 atom stereocenters. The van der Waals surface area contributed by atoms with Gasteiger partial charge in [0, 0.05) is 11.6 Å². The van der Waals surface area contributed by atoms with E-state index in [1.165, 1.54) is 18.7 Å². The minimum absolute atomic E-state index is 0.000874. The van der Waals surface area contributed by atoms with Gasteiger partial charge in [-0.15, -0.1) is 0 Å². The van der Waals surface area contributed by atoms with Gasteiger partial charge in [0.1, 0.15) is 5.75 Å². The van der Waals surface area contributed by atoms with Gasteiger partial charge in [0.05, 0.1) is 17.5 Å². The molecule has 8 heteroatoms. The van der Waals surface area contributed by atoms with Crippen molar-refractivity contribution in [2.45, 2.75) is 38.1 Å². The Morgan fingerprint density at radius 1 is 0.882 bits per heavy atom. The molecular formula is C26H26N4O4. The van der Waals surface area contributed by atoms with Crippen molar-refractivity contribution in [3.63, 3.8) is 0 Å². The topological polar surface area (TPSA) is 120 Å². The number of aromatic hydroxyl groups is 1. The molecule has 0 aromatic heterocycles. The highest BCUT2D eigenvalue weighted by Crippen LogP contribution is 2.25. The van der Waals surface area contributed by atoms with E-state index in [0.29, 0.717) is 11.1 Å². The lowest BCUT2D eigenvalue weighted by Crippen LogP contribution is -2.37. The first kappa shape index (κ1) is 23.0. The molecule has 0 aliphatic heterocycles. The van der Waals surface area contributed by atoms with Crippen molar-refractivity contribution >= 4 is 40.4 Å². The number of nitrogens with one attached hydrogen (secondary N) is 3. The van der Waals surface area contributed by atoms with Crippen LogP contribution >= 0.6 is 0 Å². The minimum atomic E-state index is -1.00. The van der Waals surface area contributed by atoms with E-state index >= 15 is 0 Å². The van der Waals surface area contributed by atoms with Crippen molar-refractivity contribution in [3.05, 3.63) is 71.8 Å². The Kier molecular flexibility index (Phi) is 7.17. The predicted molar refractivity (Wildman–Crippen MR) is 131 cm³/mol. The number of anilines is 1. The maximum absolute atomic E-state index is 12.7. The number of para-hydroxylation sites is 1. The second kappa shape index (κ2) is 10.6. The third-order valence-corrected chi connectivity index (χ3v) is 5.87. The van der Waals surface area contributed by atoms with Gasteiger partial charge in [0.2, 0.25) is 0 Å². The van der Waals surface area contributed by atoms with Crippen LogP contribution in [0.2, 0.25) is 0 Å². The molecule has 0 unspecified atom stereocenters. The van der Waals surface area contributed by atoms with Crippen molar-refractivity contribution in [1.29, 1.82) is 0 Å². The summed E-state index contributed by atoms with van der Waals surface area (Å²) in [6.45, 7) is 0. The standard InChI is InChI=1S/C26H26N4O4/c31-23-15-14-17-8-4-5-11-19(17)21(23)16-27-30-26(34)25(33)29-22-13-7-6-12-20(22)24(32)28-18-9-2-1-3-10-18/h4-8,11-16,18,31H,1-3,9-10H2,(H,28,32)(H,29,33)(H,30,34)/b27-16+. The van der Waals surface area contributed by atoms with E-state index in [4.69, 9.17) is 0 Å². The maximum atomic E-state index is 12.7. The van der Waals surface area contributed by atoms with Crippen LogP contribution in [0.15, 0.2) is 65.8 Å². The Balaban J connectivity index is 1.40. The number of phenols is 1. The van der Waals surface area contributed by atoms with Gasteiger partial charge in [-0.1, -0.05) is 61.7 Å². The first-order valence-corrected chi connectivity index (χ1v) is 11.3. The SMILES string of the molecule is O=C(N/N=C/c1c(O)ccc2ccccc12)C(=O)Nc1ccccc1C(=O)NC1CCCCC1. The zero-order chi connectivity index (χ0) is 23.9. The summed E-state index contributed by atoms with van der Waals surface area (Å²) in [6.07, 6.45) is 6.51. The van der Waals surface area contributed by atoms with Crippen LogP contribution in [0, 0.1) is 0 Å². The van der Waals surface area contributed by atoms with E-state index in [-0.39, 0.29) is 23.4 Å². The molecule has 1 fully saturated rings. The van der Waals surface area contributed by atoms with Crippen LogP contribution in [0.1, 0.15) is 48.0 Å². The highest BCUT2D eigenvalue weighted by Gasteiger charge is 2.21. The van der Waals surface area contributed by atoms with E-state index in [1.54, 1.807) is 30.3 Å². The summed E-state index contributed by atoms with van der Waals surface area (Å²) >= 11 is 0. The molecule has 1 saturated carbocycles. The normalized spacial score (nSPS) is 14.1. The summed E-state index contributed by atoms with van der Waals surface area (Å²) in [6, 6.07) is 17.4. The van der Waals surface area contributed by atoms with E-state index < -0.39 is 11.8 Å². The quantitative estimate of drug-likeness (QED) is 0.265. The van der Waals surface area contributed by atoms with Gasteiger partial charge in [0.25, 0.3) is 5.91 Å². The van der Waals surface area contributed by atoms with E-state index in [2.05, 4.69) is 21.2 Å². The van der Waals surface area contributed by atoms with Gasteiger partial charge < -0.3 is 15.7 Å². The summed E-state index contributed by atoms with van der Waals surface area (Å²) in [7, 11) is 0. The zero-order valence-electron chi connectivity index (χ0n) is 18.6. The molecule has 1 aliphatic rings. The molecule has 4 rings (SSSR count). The molecule has 0 saturated heterocycles. The van der Waals surface area contributed by atoms with Crippen molar-refractivity contribution in [3.8, 4) is 5.75 Å². The molecular weight excluding hydrogens is 432 g/mol. The van der Waals surface area contributed by atoms with Gasteiger partial charge in [0.15, 0.2) is 0 Å². The van der Waals surface area contributed by atoms with Crippen LogP contribution < -0.4 is 16.1 Å². The Hall–Kier alpha value is -4.20. The van der Waals surface area contributed by atoms with Crippen LogP contribution in [0.3, 0.4) is 0 Å². The van der Waals surface area contributed by atoms with Crippen molar-refractivity contribution in [1.82, 2.24) is 10.7 Å². The largest absolute Gasteiger partial charge is 0.507 e. The molecule has 0 spiro atoms. The van der Waals surface area contributed by atoms with Crippen LogP contribution in [0.5, 0.6) is 5.75 Å². The summed E-state index contributed by atoms with van der Waals surface area (Å²) < 4.78 is 0. The lowest BCUT2D eigenvalue weighted by atomic mass is 9.95. The van der Waals surface area contributed by atoms with Crippen LogP contribution in [-0.2, 0) is 9.59 Å². The smallest absolute Gasteiger partial charge is 0.329 e. The lowest BCUT2D eigenvalue weighted by Gasteiger charge is -2.23. The average molecular weight is 459 g/mol. The number of phenolic OH excluding ortho intramolecular Hbond substituents is 1. The average Bonchev–Trinajstić information content (AvgIpc) is 2.86. The summed E-state index contributed by atoms with van der Waals surface area (Å²) in [5.74, 6) is -2.25. The van der Waals surface area contributed by atoms with Gasteiger partial charge >= 0.3 is 11.8 Å². The Labute approximate surface area is 197 Å². The Morgan fingerprint density at radius 2 is 1.62 bits per heavy atom. The Morgan fingerprint density at radius 3 is 2.44 bits per heavy atom. The molecule has 3 aromatic carbocycles. The highest BCUT2D eigenvalue weighted by atomic mass is 16.3. The number of rotatable bonds is 5. The van der Waals surface area contributed by atoms with Gasteiger partial charge in [-0.05, 0) is 41.8 Å². The van der Waals surface area contributed by atoms with Gasteiger partial charge in [-0.25, -0.2) is 5.43 Å². The van der Waals surface area contributed by atoms with Crippen LogP contribution in [-0.4, -0.2) is 35.1 Å². The fourth-order valence-corrected chi connectivity index (χ4v) is 4.11. The molecule has 34 heavy (non-hydrogen) atoms. The predicted octanol–water partition coefficient (Wildman–Crippen LogP) is 3.70. The van der Waals surface area contributed by atoms with Gasteiger partial charge in [-0.2, -0.15) is 5.10 Å². The van der Waals surface area contributed by atoms with E-state index in [9.17, 15) is 19.5 Å². The molecule has 4 N–H and O–H groups in total. The zero-order valence-corrected chi connectivity index (χ0v) is 18.6. The third-order valence-electron chi connectivity index (χ3n) is 5.87. The van der Waals surface area contributed by atoms with Crippen molar-refractivity contribution < 1.29 is 19.5 Å². The number of hydrogen-bond donors (Lipinski definition) is 4. The van der Waals surface area contributed by atoms with Crippen molar-refractivity contribution in [2.24, 2.45) is 5.10 Å². The molecule has 8 nitrogen and oxygen atoms in total. The number of hydrazone groups is 1. The maximum Gasteiger partial charge on any atom is 0.329 e. The molecule has 0 radical (unpaired) electrons. The number of nitrogens with zero attached hydrogens (tertiary/aromatic N) is 1. The van der Waals surface area contributed by atoms with Gasteiger partial charge in [-0.3, -0.25) is 14.4 Å². The fraction of sp³-hybridized carbons (Fsp3) is 0.231. The monoisotopic (exact) mass is 458 g/mol. The first-order chi connectivity index (χ1) is 16.5. The van der Waals surface area contributed by atoms with Crippen LogP contribution in [0.25, 0.3) is 10.8 Å². The van der Waals surface area contributed by atoms with Crippen LogP contribution in [0.4, 0.5) is 5.69 Å². The number of benzene rings is 3. The fourth-order valence-electron chi connectivity index (χ4n) is 4.11. The minimum Gasteiger partial charge on any atom is -0.507 e. The van der Waals surface area contributed by atoms with E-state index in [0.717, 1.165) is 36.5 Å². The third kappa shape index (κ3) is 5.40. The molecule has 0 heterocycles. The summed E-state index contributed by atoms with van der Waals surface area (Å²) in [5, 5.41) is 21.1. The second-order valence-corrected chi connectivity index (χ2v) is 8.23. The molecule has 1 aliphatic carbocycles. The lowest BCUT2D eigenvalue weighted by molar-refractivity contribution is -0.136. The first-order valence-electron chi connectivity index (χ1n) is 11.3.